The Kier molecular flexibility index (Phi) is 3.55. The Labute approximate surface area is 98.5 Å². The minimum atomic E-state index is -1.41. The summed E-state index contributed by atoms with van der Waals surface area (Å²) in [6.45, 7) is 1.41. The third kappa shape index (κ3) is 1.90. The zero-order chi connectivity index (χ0) is 13.2. The minimum Gasteiger partial charge on any atom is -0.492 e. The van der Waals surface area contributed by atoms with Crippen molar-refractivity contribution in [3.8, 4) is 0 Å². The normalized spacial score (nSPS) is 23.6. The van der Waals surface area contributed by atoms with E-state index in [0.717, 1.165) is 0 Å². The Morgan fingerprint density at radius 2 is 1.76 bits per heavy atom. The van der Waals surface area contributed by atoms with Gasteiger partial charge in [0.05, 0.1) is 26.9 Å². The summed E-state index contributed by atoms with van der Waals surface area (Å²) in [6, 6.07) is 0. The number of allylic oxidation sites excluding steroid dienone is 1. The number of esters is 2. The van der Waals surface area contributed by atoms with E-state index in [1.165, 1.54) is 28.3 Å². The Morgan fingerprint density at radius 3 is 2.18 bits per heavy atom. The third-order valence-electron chi connectivity index (χ3n) is 2.78. The highest BCUT2D eigenvalue weighted by molar-refractivity contribution is 6.17. The van der Waals surface area contributed by atoms with Crippen LogP contribution in [-0.4, -0.2) is 39.1 Å². The van der Waals surface area contributed by atoms with Gasteiger partial charge in [0.15, 0.2) is 5.76 Å². The number of rotatable bonds is 3. The van der Waals surface area contributed by atoms with E-state index in [0.29, 0.717) is 0 Å². The Bertz CT molecular complexity index is 408. The van der Waals surface area contributed by atoms with Gasteiger partial charge in [-0.15, -0.1) is 0 Å². The number of Topliss-reactive ketones (excluding diaryl/α,β-unsaturated/α-hetero) is 1. The van der Waals surface area contributed by atoms with E-state index in [9.17, 15) is 14.4 Å². The molecule has 0 heterocycles. The Balaban J connectivity index is 3.17. The van der Waals surface area contributed by atoms with Crippen LogP contribution in [0.1, 0.15) is 13.3 Å². The SMILES string of the molecule is COC(=O)C1=C(OC)C(=O)C(C)(C(=O)OC)C1. The molecule has 1 aliphatic rings. The second-order valence-electron chi connectivity index (χ2n) is 3.83. The maximum Gasteiger partial charge on any atom is 0.337 e. The van der Waals surface area contributed by atoms with Crippen LogP contribution in [0.4, 0.5) is 0 Å². The molecule has 17 heavy (non-hydrogen) atoms. The van der Waals surface area contributed by atoms with Crippen molar-refractivity contribution in [2.75, 3.05) is 21.3 Å². The number of carbonyl (C=O) groups is 3. The molecule has 0 fully saturated rings. The summed E-state index contributed by atoms with van der Waals surface area (Å²) in [5.74, 6) is -2.07. The van der Waals surface area contributed by atoms with Gasteiger partial charge in [0.2, 0.25) is 5.78 Å². The quantitative estimate of drug-likeness (QED) is 0.520. The molecule has 1 atom stereocenters. The maximum atomic E-state index is 12.0. The molecule has 0 aromatic rings. The molecule has 1 rings (SSSR count). The van der Waals surface area contributed by atoms with Crippen LogP contribution in [0.5, 0.6) is 0 Å². The molecular formula is C11H14O6. The third-order valence-corrected chi connectivity index (χ3v) is 2.78. The van der Waals surface area contributed by atoms with Crippen molar-refractivity contribution >= 4 is 17.7 Å². The van der Waals surface area contributed by atoms with Gasteiger partial charge in [-0.1, -0.05) is 0 Å². The monoisotopic (exact) mass is 242 g/mol. The van der Waals surface area contributed by atoms with Gasteiger partial charge in [0, 0.05) is 6.42 Å². The highest BCUT2D eigenvalue weighted by Crippen LogP contribution is 2.40. The number of hydrogen-bond donors (Lipinski definition) is 0. The topological polar surface area (TPSA) is 78.9 Å². The summed E-state index contributed by atoms with van der Waals surface area (Å²) in [7, 11) is 3.64. The molecule has 0 spiro atoms. The van der Waals surface area contributed by atoms with Crippen molar-refractivity contribution < 1.29 is 28.6 Å². The van der Waals surface area contributed by atoms with Gasteiger partial charge >= 0.3 is 11.9 Å². The highest BCUT2D eigenvalue weighted by Gasteiger charge is 2.52. The first-order chi connectivity index (χ1) is 7.92. The molecule has 0 saturated carbocycles. The van der Waals surface area contributed by atoms with Gasteiger partial charge in [-0.3, -0.25) is 9.59 Å². The predicted molar refractivity (Wildman–Crippen MR) is 55.8 cm³/mol. The highest BCUT2D eigenvalue weighted by atomic mass is 16.5. The summed E-state index contributed by atoms with van der Waals surface area (Å²) in [5, 5.41) is 0. The van der Waals surface area contributed by atoms with E-state index in [2.05, 4.69) is 9.47 Å². The summed E-state index contributed by atoms with van der Waals surface area (Å²) in [6.07, 6.45) is -0.0750. The molecule has 0 radical (unpaired) electrons. The molecule has 0 amide bonds. The molecule has 0 aromatic heterocycles. The van der Waals surface area contributed by atoms with Crippen LogP contribution >= 0.6 is 0 Å². The van der Waals surface area contributed by atoms with Crippen LogP contribution in [-0.2, 0) is 28.6 Å². The molecule has 0 aromatic carbocycles. The summed E-state index contributed by atoms with van der Waals surface area (Å²) in [4.78, 5) is 35.0. The molecule has 1 unspecified atom stereocenters. The molecule has 0 saturated heterocycles. The van der Waals surface area contributed by atoms with Crippen molar-refractivity contribution in [2.45, 2.75) is 13.3 Å². The van der Waals surface area contributed by atoms with E-state index < -0.39 is 23.1 Å². The fraction of sp³-hybridized carbons (Fsp3) is 0.545. The van der Waals surface area contributed by atoms with Crippen molar-refractivity contribution in [1.82, 2.24) is 0 Å². The van der Waals surface area contributed by atoms with Gasteiger partial charge in [-0.25, -0.2) is 4.79 Å². The zero-order valence-electron chi connectivity index (χ0n) is 10.2. The fourth-order valence-electron chi connectivity index (χ4n) is 1.80. The molecule has 6 nitrogen and oxygen atoms in total. The predicted octanol–water partition coefficient (Wildman–Crippen LogP) is 0.212. The van der Waals surface area contributed by atoms with Gasteiger partial charge in [0.1, 0.15) is 5.41 Å². The van der Waals surface area contributed by atoms with E-state index in [4.69, 9.17) is 4.74 Å². The van der Waals surface area contributed by atoms with Crippen LogP contribution in [0.2, 0.25) is 0 Å². The lowest BCUT2D eigenvalue weighted by molar-refractivity contribution is -0.155. The van der Waals surface area contributed by atoms with Gasteiger partial charge in [0.25, 0.3) is 0 Å². The smallest absolute Gasteiger partial charge is 0.337 e. The van der Waals surface area contributed by atoms with E-state index >= 15 is 0 Å². The first kappa shape index (κ1) is 13.2. The van der Waals surface area contributed by atoms with Gasteiger partial charge in [-0.2, -0.15) is 0 Å². The van der Waals surface area contributed by atoms with Crippen LogP contribution in [0.3, 0.4) is 0 Å². The lowest BCUT2D eigenvalue weighted by Gasteiger charge is -2.18. The van der Waals surface area contributed by atoms with Crippen LogP contribution in [0, 0.1) is 5.41 Å². The molecule has 94 valence electrons. The number of ketones is 1. The average Bonchev–Trinajstić information content (AvgIpc) is 2.61. The van der Waals surface area contributed by atoms with Crippen molar-refractivity contribution in [3.63, 3.8) is 0 Å². The van der Waals surface area contributed by atoms with Crippen molar-refractivity contribution in [3.05, 3.63) is 11.3 Å². The zero-order valence-corrected chi connectivity index (χ0v) is 10.2. The molecule has 0 aliphatic heterocycles. The summed E-state index contributed by atoms with van der Waals surface area (Å²) in [5.41, 5.74) is -1.35. The molecule has 6 heteroatoms. The van der Waals surface area contributed by atoms with Crippen molar-refractivity contribution in [2.24, 2.45) is 5.41 Å². The Hall–Kier alpha value is -1.85. The number of carbonyl (C=O) groups excluding carboxylic acids is 3. The minimum absolute atomic E-state index is 0.0629. The van der Waals surface area contributed by atoms with Crippen LogP contribution in [0.15, 0.2) is 11.3 Å². The molecule has 0 N–H and O–H groups in total. The van der Waals surface area contributed by atoms with Crippen LogP contribution < -0.4 is 0 Å². The molecule has 1 aliphatic carbocycles. The number of methoxy groups -OCH3 is 3. The standard InChI is InChI=1S/C11H14O6/c1-11(10(14)17-4)5-6(9(13)16-3)7(15-2)8(11)12/h5H2,1-4H3. The Morgan fingerprint density at radius 1 is 1.18 bits per heavy atom. The van der Waals surface area contributed by atoms with E-state index in [1.807, 2.05) is 0 Å². The van der Waals surface area contributed by atoms with E-state index in [1.54, 1.807) is 0 Å². The van der Waals surface area contributed by atoms with E-state index in [-0.39, 0.29) is 17.8 Å². The average molecular weight is 242 g/mol. The first-order valence-corrected chi connectivity index (χ1v) is 4.91. The second-order valence-corrected chi connectivity index (χ2v) is 3.83. The summed E-state index contributed by atoms with van der Waals surface area (Å²) >= 11 is 0. The van der Waals surface area contributed by atoms with Crippen molar-refractivity contribution in [1.29, 1.82) is 0 Å². The van der Waals surface area contributed by atoms with Crippen LogP contribution in [0.25, 0.3) is 0 Å². The number of hydrogen-bond acceptors (Lipinski definition) is 6. The lowest BCUT2D eigenvalue weighted by Crippen LogP contribution is -2.35. The van der Waals surface area contributed by atoms with Gasteiger partial charge < -0.3 is 14.2 Å². The molecule has 0 bridgehead atoms. The second kappa shape index (κ2) is 4.57. The maximum absolute atomic E-state index is 12.0. The number of ether oxygens (including phenoxy) is 3. The summed E-state index contributed by atoms with van der Waals surface area (Å²) < 4.78 is 14.0. The molecular weight excluding hydrogens is 228 g/mol. The lowest BCUT2D eigenvalue weighted by atomic mass is 9.86. The first-order valence-electron chi connectivity index (χ1n) is 4.91. The fourth-order valence-corrected chi connectivity index (χ4v) is 1.80. The van der Waals surface area contributed by atoms with Gasteiger partial charge in [-0.05, 0) is 6.92 Å². The largest absolute Gasteiger partial charge is 0.492 e.